The van der Waals surface area contributed by atoms with Crippen LogP contribution in [-0.2, 0) is 9.47 Å². The quantitative estimate of drug-likeness (QED) is 0.407. The van der Waals surface area contributed by atoms with E-state index in [1.54, 1.807) is 4.90 Å². The monoisotopic (exact) mass is 530 g/mol. The molecule has 13 heteroatoms. The lowest BCUT2D eigenvalue weighted by Crippen LogP contribution is -2.57. The van der Waals surface area contributed by atoms with Gasteiger partial charge in [0.05, 0.1) is 19.3 Å². The van der Waals surface area contributed by atoms with E-state index in [1.807, 2.05) is 0 Å². The number of nitrogens with zero attached hydrogens (tertiary/aromatic N) is 2. The van der Waals surface area contributed by atoms with Crippen molar-refractivity contribution in [1.82, 2.24) is 9.80 Å². The molecule has 2 amide bonds. The molecule has 0 spiro atoms. The Bertz CT molecular complexity index is 758. The van der Waals surface area contributed by atoms with E-state index in [4.69, 9.17) is 16.2 Å². The minimum Gasteiger partial charge on any atom is -0.378 e. The molecule has 36 heavy (non-hydrogen) atoms. The first kappa shape index (κ1) is 27.7. The first-order valence-corrected chi connectivity index (χ1v) is 12.7. The zero-order valence-electron chi connectivity index (χ0n) is 20.1. The standard InChI is InChI=1S/C23H36F6N4O3/c24-15-7-14-8-16(14)19(18(26)10-15)33(22(34)32-3-5-35-6-4-32)11-13-2-1-12(9-17(13)25)20(30)36-21(31)23(27,28)29/h12-21H,1-11,30-31H2/t12?,13?,14-,15?,16?,17?,18?,19?,20?,21?/m1/s1. The number of halogens is 6. The highest BCUT2D eigenvalue weighted by Gasteiger charge is 2.54. The summed E-state index contributed by atoms with van der Waals surface area (Å²) >= 11 is 0. The van der Waals surface area contributed by atoms with Crippen LogP contribution in [0.15, 0.2) is 0 Å². The molecule has 0 aromatic rings. The molecule has 4 N–H and O–H groups in total. The van der Waals surface area contributed by atoms with Crippen molar-refractivity contribution in [3.05, 3.63) is 0 Å². The van der Waals surface area contributed by atoms with Gasteiger partial charge < -0.3 is 25.0 Å². The molecule has 4 aliphatic rings. The van der Waals surface area contributed by atoms with E-state index >= 15 is 8.78 Å². The molecule has 208 valence electrons. The Hall–Kier alpha value is -1.31. The predicted molar refractivity (Wildman–Crippen MR) is 118 cm³/mol. The largest absolute Gasteiger partial charge is 0.428 e. The summed E-state index contributed by atoms with van der Waals surface area (Å²) in [6, 6.07) is -1.23. The van der Waals surface area contributed by atoms with Crippen molar-refractivity contribution in [2.45, 2.75) is 81.7 Å². The summed E-state index contributed by atoms with van der Waals surface area (Å²) in [4.78, 5) is 16.5. The van der Waals surface area contributed by atoms with Gasteiger partial charge in [-0.05, 0) is 43.9 Å². The Labute approximate surface area is 206 Å². The van der Waals surface area contributed by atoms with Crippen molar-refractivity contribution in [2.24, 2.45) is 35.1 Å². The zero-order chi connectivity index (χ0) is 26.2. The first-order chi connectivity index (χ1) is 17.0. The van der Waals surface area contributed by atoms with Crippen LogP contribution in [0, 0.1) is 23.7 Å². The van der Waals surface area contributed by atoms with Crippen molar-refractivity contribution in [3.63, 3.8) is 0 Å². The Morgan fingerprint density at radius 2 is 1.72 bits per heavy atom. The topological polar surface area (TPSA) is 94.0 Å². The highest BCUT2D eigenvalue weighted by atomic mass is 19.4. The minimum absolute atomic E-state index is 0.00985. The Balaban J connectivity index is 1.44. The molecule has 3 aliphatic carbocycles. The Morgan fingerprint density at radius 1 is 1.03 bits per heavy atom. The van der Waals surface area contributed by atoms with Crippen LogP contribution in [0.1, 0.15) is 38.5 Å². The number of carbonyl (C=O) groups excluding carboxylic acids is 1. The van der Waals surface area contributed by atoms with Crippen LogP contribution in [0.4, 0.5) is 31.1 Å². The summed E-state index contributed by atoms with van der Waals surface area (Å²) in [5.41, 5.74) is 10.7. The number of alkyl halides is 6. The van der Waals surface area contributed by atoms with Crippen molar-refractivity contribution in [1.29, 1.82) is 0 Å². The molecular formula is C23H36F6N4O3. The fourth-order valence-corrected chi connectivity index (χ4v) is 6.05. The molecule has 0 radical (unpaired) electrons. The van der Waals surface area contributed by atoms with E-state index in [0.29, 0.717) is 32.7 Å². The van der Waals surface area contributed by atoms with Gasteiger partial charge in [-0.1, -0.05) is 0 Å². The number of morpholine rings is 1. The third kappa shape index (κ3) is 6.39. The van der Waals surface area contributed by atoms with Crippen molar-refractivity contribution in [2.75, 3.05) is 32.8 Å². The summed E-state index contributed by atoms with van der Waals surface area (Å²) in [5, 5.41) is 0. The highest BCUT2D eigenvalue weighted by Crippen LogP contribution is 2.51. The highest BCUT2D eigenvalue weighted by molar-refractivity contribution is 5.75. The lowest BCUT2D eigenvalue weighted by molar-refractivity contribution is -0.237. The van der Waals surface area contributed by atoms with Gasteiger partial charge in [0.15, 0.2) is 0 Å². The molecule has 4 fully saturated rings. The van der Waals surface area contributed by atoms with Crippen LogP contribution in [-0.4, -0.2) is 91.9 Å². The van der Waals surface area contributed by atoms with Gasteiger partial charge in [0.25, 0.3) is 0 Å². The van der Waals surface area contributed by atoms with Crippen LogP contribution in [0.2, 0.25) is 0 Å². The number of rotatable bonds is 6. The third-order valence-electron chi connectivity index (χ3n) is 8.18. The molecule has 0 bridgehead atoms. The number of carbonyl (C=O) groups is 1. The fourth-order valence-electron chi connectivity index (χ4n) is 6.05. The van der Waals surface area contributed by atoms with Gasteiger partial charge in [-0.3, -0.25) is 5.73 Å². The maximum absolute atomic E-state index is 15.3. The van der Waals surface area contributed by atoms with Gasteiger partial charge in [0.1, 0.15) is 24.7 Å². The maximum atomic E-state index is 15.3. The SMILES string of the molecule is NC(OC(N)C(F)(F)F)C1CCC(CN(C(=O)N2CCOCC2)C2C(F)CC(F)C[C@@H]3CC23)C(F)C1. The minimum atomic E-state index is -4.79. The number of urea groups is 1. The van der Waals surface area contributed by atoms with Crippen LogP contribution in [0.25, 0.3) is 0 Å². The number of amides is 2. The molecule has 1 heterocycles. The number of nitrogens with two attached hydrogens (primary N) is 2. The van der Waals surface area contributed by atoms with Crippen LogP contribution in [0.5, 0.6) is 0 Å². The molecule has 0 aromatic carbocycles. The van der Waals surface area contributed by atoms with Gasteiger partial charge in [-0.25, -0.2) is 18.0 Å². The van der Waals surface area contributed by atoms with Gasteiger partial charge in [0.2, 0.25) is 6.23 Å². The predicted octanol–water partition coefficient (Wildman–Crippen LogP) is 3.12. The van der Waals surface area contributed by atoms with Crippen LogP contribution < -0.4 is 11.5 Å². The van der Waals surface area contributed by atoms with Crippen molar-refractivity contribution >= 4 is 6.03 Å². The zero-order valence-corrected chi connectivity index (χ0v) is 20.1. The third-order valence-corrected chi connectivity index (χ3v) is 8.18. The molecule has 3 saturated carbocycles. The summed E-state index contributed by atoms with van der Waals surface area (Å²) in [6.07, 6.45) is -12.1. The van der Waals surface area contributed by atoms with Crippen LogP contribution in [0.3, 0.4) is 0 Å². The second-order valence-corrected chi connectivity index (χ2v) is 10.7. The molecule has 1 aliphatic heterocycles. The number of hydrogen-bond donors (Lipinski definition) is 2. The maximum Gasteiger partial charge on any atom is 0.428 e. The molecular weight excluding hydrogens is 494 g/mol. The first-order valence-electron chi connectivity index (χ1n) is 12.7. The second kappa shape index (κ2) is 11.2. The molecule has 9 unspecified atom stereocenters. The second-order valence-electron chi connectivity index (χ2n) is 10.7. The molecule has 10 atom stereocenters. The van der Waals surface area contributed by atoms with E-state index in [-0.39, 0.29) is 50.5 Å². The van der Waals surface area contributed by atoms with E-state index < -0.39 is 61.1 Å². The van der Waals surface area contributed by atoms with E-state index in [2.05, 4.69) is 4.74 Å². The lowest BCUT2D eigenvalue weighted by atomic mass is 9.79. The number of ether oxygens (including phenoxy) is 2. The number of fused-ring (bicyclic) bond motifs is 1. The fraction of sp³-hybridized carbons (Fsp3) is 0.957. The molecule has 7 nitrogen and oxygen atoms in total. The van der Waals surface area contributed by atoms with Gasteiger partial charge >= 0.3 is 12.2 Å². The molecule has 4 rings (SSSR count). The summed E-state index contributed by atoms with van der Waals surface area (Å²) in [5.74, 6) is -1.48. The number of hydrogen-bond acceptors (Lipinski definition) is 5. The lowest BCUT2D eigenvalue weighted by Gasteiger charge is -2.43. The Kier molecular flexibility index (Phi) is 8.63. The van der Waals surface area contributed by atoms with Gasteiger partial charge in [-0.15, -0.1) is 0 Å². The van der Waals surface area contributed by atoms with Gasteiger partial charge in [0, 0.05) is 37.9 Å². The van der Waals surface area contributed by atoms with E-state index in [0.717, 1.165) is 0 Å². The molecule has 0 aromatic heterocycles. The summed E-state index contributed by atoms with van der Waals surface area (Å²) < 4.78 is 93.0. The average molecular weight is 531 g/mol. The van der Waals surface area contributed by atoms with E-state index in [1.165, 1.54) is 4.90 Å². The molecule has 1 saturated heterocycles. The van der Waals surface area contributed by atoms with E-state index in [9.17, 15) is 22.4 Å². The Morgan fingerprint density at radius 3 is 2.36 bits per heavy atom. The van der Waals surface area contributed by atoms with Crippen molar-refractivity contribution in [3.8, 4) is 0 Å². The summed E-state index contributed by atoms with van der Waals surface area (Å²) in [7, 11) is 0. The van der Waals surface area contributed by atoms with Crippen molar-refractivity contribution < 1.29 is 40.6 Å². The summed E-state index contributed by atoms with van der Waals surface area (Å²) in [6.45, 7) is 1.30. The van der Waals surface area contributed by atoms with Crippen LogP contribution >= 0.6 is 0 Å². The smallest absolute Gasteiger partial charge is 0.378 e. The normalized spacial score (nSPS) is 39.1. The average Bonchev–Trinajstić information content (AvgIpc) is 3.57. The van der Waals surface area contributed by atoms with Gasteiger partial charge in [-0.2, -0.15) is 13.2 Å².